The van der Waals surface area contributed by atoms with Crippen LogP contribution in [0.25, 0.3) is 0 Å². The highest BCUT2D eigenvalue weighted by Gasteiger charge is 2.25. The van der Waals surface area contributed by atoms with Crippen LogP contribution in [-0.2, 0) is 6.54 Å². The van der Waals surface area contributed by atoms with E-state index in [0.717, 1.165) is 25.1 Å². The molecule has 0 aromatic heterocycles. The molecule has 1 aromatic rings. The van der Waals surface area contributed by atoms with Gasteiger partial charge in [0.15, 0.2) is 0 Å². The zero-order chi connectivity index (χ0) is 14.7. The molecular formula is C13H20N4O3. The number of hydrogen-bond acceptors (Lipinski definition) is 6. The van der Waals surface area contributed by atoms with E-state index in [4.69, 9.17) is 5.84 Å². The molecule has 1 heterocycles. The number of rotatable bonds is 4. The van der Waals surface area contributed by atoms with Crippen molar-refractivity contribution in [1.82, 2.24) is 4.90 Å². The topological polar surface area (TPSA) is 105 Å². The fraction of sp³-hybridized carbons (Fsp3) is 0.538. The van der Waals surface area contributed by atoms with E-state index in [2.05, 4.69) is 10.3 Å². The van der Waals surface area contributed by atoms with Crippen molar-refractivity contribution in [2.45, 2.75) is 26.0 Å². The summed E-state index contributed by atoms with van der Waals surface area (Å²) < 4.78 is 0. The van der Waals surface area contributed by atoms with Crippen LogP contribution in [0.1, 0.15) is 18.9 Å². The Kier molecular flexibility index (Phi) is 4.53. The molecule has 0 spiro atoms. The highest BCUT2D eigenvalue weighted by atomic mass is 16.6. The number of nitrogen functional groups attached to an aromatic ring is 1. The third-order valence-corrected chi connectivity index (χ3v) is 3.79. The lowest BCUT2D eigenvalue weighted by atomic mass is 9.96. The lowest BCUT2D eigenvalue weighted by Crippen LogP contribution is -2.41. The molecule has 2 rings (SSSR count). The first-order chi connectivity index (χ1) is 9.51. The van der Waals surface area contributed by atoms with Gasteiger partial charge in [-0.1, -0.05) is 6.92 Å². The van der Waals surface area contributed by atoms with Gasteiger partial charge in [-0.25, -0.2) is 0 Å². The summed E-state index contributed by atoms with van der Waals surface area (Å²) in [5.74, 6) is 5.66. The Bertz CT molecular complexity index is 495. The predicted molar refractivity (Wildman–Crippen MR) is 76.0 cm³/mol. The standard InChI is InChI=1S/C13H20N4O3/c1-9-7-16(5-4-13(9)18)8-10-6-11(17(19)20)2-3-12(10)15-14/h2-3,6,9,13,15,18H,4-5,7-8,14H2,1H3. The smallest absolute Gasteiger partial charge is 0.269 e. The first-order valence-corrected chi connectivity index (χ1v) is 6.65. The number of non-ortho nitro benzene ring substituents is 1. The maximum atomic E-state index is 10.8. The van der Waals surface area contributed by atoms with Gasteiger partial charge in [0.2, 0.25) is 0 Å². The molecule has 0 aliphatic carbocycles. The number of nitrogens with zero attached hydrogens (tertiary/aromatic N) is 2. The van der Waals surface area contributed by atoms with E-state index in [1.165, 1.54) is 6.07 Å². The van der Waals surface area contributed by atoms with Crippen LogP contribution in [0.3, 0.4) is 0 Å². The molecule has 1 aliphatic heterocycles. The summed E-state index contributed by atoms with van der Waals surface area (Å²) >= 11 is 0. The number of nitrogens with one attached hydrogen (secondary N) is 1. The van der Waals surface area contributed by atoms with Crippen molar-refractivity contribution in [1.29, 1.82) is 0 Å². The van der Waals surface area contributed by atoms with Gasteiger partial charge in [-0.3, -0.25) is 20.9 Å². The number of likely N-dealkylation sites (tertiary alicyclic amines) is 1. The molecule has 1 fully saturated rings. The summed E-state index contributed by atoms with van der Waals surface area (Å²) in [7, 11) is 0. The minimum Gasteiger partial charge on any atom is -0.393 e. The number of hydrazine groups is 1. The van der Waals surface area contributed by atoms with Gasteiger partial charge in [-0.05, 0) is 24.0 Å². The number of nitro benzene ring substituents is 1. The highest BCUT2D eigenvalue weighted by Crippen LogP contribution is 2.25. The molecule has 2 atom stereocenters. The van der Waals surface area contributed by atoms with Gasteiger partial charge < -0.3 is 10.5 Å². The van der Waals surface area contributed by atoms with Gasteiger partial charge >= 0.3 is 0 Å². The predicted octanol–water partition coefficient (Wildman–Crippen LogP) is 1.08. The number of hydrogen-bond donors (Lipinski definition) is 3. The second-order valence-electron chi connectivity index (χ2n) is 5.31. The van der Waals surface area contributed by atoms with E-state index >= 15 is 0 Å². The van der Waals surface area contributed by atoms with E-state index < -0.39 is 4.92 Å². The van der Waals surface area contributed by atoms with Crippen molar-refractivity contribution < 1.29 is 10.0 Å². The maximum absolute atomic E-state index is 10.8. The fourth-order valence-electron chi connectivity index (χ4n) is 2.57. The quantitative estimate of drug-likeness (QED) is 0.433. The molecule has 0 bridgehead atoms. The zero-order valence-electron chi connectivity index (χ0n) is 11.5. The van der Waals surface area contributed by atoms with Gasteiger partial charge in [-0.2, -0.15) is 0 Å². The van der Waals surface area contributed by atoms with Crippen molar-refractivity contribution in [3.8, 4) is 0 Å². The zero-order valence-corrected chi connectivity index (χ0v) is 11.5. The van der Waals surface area contributed by atoms with Crippen molar-refractivity contribution in [3.63, 3.8) is 0 Å². The summed E-state index contributed by atoms with van der Waals surface area (Å²) in [5.41, 5.74) is 4.12. The molecule has 0 saturated carbocycles. The number of nitrogens with two attached hydrogens (primary N) is 1. The molecule has 110 valence electrons. The van der Waals surface area contributed by atoms with Crippen LogP contribution in [0.4, 0.5) is 11.4 Å². The number of nitro groups is 1. The Hall–Kier alpha value is -1.70. The molecular weight excluding hydrogens is 260 g/mol. The minimum atomic E-state index is -0.410. The van der Waals surface area contributed by atoms with Crippen LogP contribution >= 0.6 is 0 Å². The van der Waals surface area contributed by atoms with Crippen LogP contribution in [0.2, 0.25) is 0 Å². The average molecular weight is 280 g/mol. The van der Waals surface area contributed by atoms with E-state index in [1.807, 2.05) is 6.92 Å². The Morgan fingerprint density at radius 3 is 2.95 bits per heavy atom. The number of piperidine rings is 1. The first-order valence-electron chi connectivity index (χ1n) is 6.65. The van der Waals surface area contributed by atoms with Crippen molar-refractivity contribution in [3.05, 3.63) is 33.9 Å². The summed E-state index contributed by atoms with van der Waals surface area (Å²) in [6.45, 7) is 4.14. The molecule has 1 aromatic carbocycles. The van der Waals surface area contributed by atoms with Gasteiger partial charge in [0.25, 0.3) is 5.69 Å². The highest BCUT2D eigenvalue weighted by molar-refractivity contribution is 5.55. The van der Waals surface area contributed by atoms with E-state index in [1.54, 1.807) is 12.1 Å². The number of anilines is 1. The summed E-state index contributed by atoms with van der Waals surface area (Å²) in [4.78, 5) is 12.6. The molecule has 4 N–H and O–H groups in total. The number of aliphatic hydroxyl groups is 1. The monoisotopic (exact) mass is 280 g/mol. The van der Waals surface area contributed by atoms with E-state index in [9.17, 15) is 15.2 Å². The van der Waals surface area contributed by atoms with Crippen molar-refractivity contribution in [2.75, 3.05) is 18.5 Å². The molecule has 2 unspecified atom stereocenters. The van der Waals surface area contributed by atoms with E-state index in [-0.39, 0.29) is 17.7 Å². The fourth-order valence-corrected chi connectivity index (χ4v) is 2.57. The molecule has 7 heteroatoms. The number of aliphatic hydroxyl groups excluding tert-OH is 1. The van der Waals surface area contributed by atoms with Crippen LogP contribution in [0.5, 0.6) is 0 Å². The largest absolute Gasteiger partial charge is 0.393 e. The molecule has 7 nitrogen and oxygen atoms in total. The normalized spacial score (nSPS) is 23.6. The second-order valence-corrected chi connectivity index (χ2v) is 5.31. The van der Waals surface area contributed by atoms with E-state index in [0.29, 0.717) is 12.2 Å². The Morgan fingerprint density at radius 1 is 1.60 bits per heavy atom. The maximum Gasteiger partial charge on any atom is 0.269 e. The SMILES string of the molecule is CC1CN(Cc2cc([N+](=O)[O-])ccc2NN)CCC1O. The summed E-state index contributed by atoms with van der Waals surface area (Å²) in [6.07, 6.45) is 0.463. The third-order valence-electron chi connectivity index (χ3n) is 3.79. The molecule has 20 heavy (non-hydrogen) atoms. The Balaban J connectivity index is 2.15. The van der Waals surface area contributed by atoms with Gasteiger partial charge in [0.1, 0.15) is 0 Å². The molecule has 0 radical (unpaired) electrons. The van der Waals surface area contributed by atoms with Crippen molar-refractivity contribution >= 4 is 11.4 Å². The lowest BCUT2D eigenvalue weighted by molar-refractivity contribution is -0.384. The van der Waals surface area contributed by atoms with Crippen LogP contribution < -0.4 is 11.3 Å². The van der Waals surface area contributed by atoms with Gasteiger partial charge in [0.05, 0.1) is 16.7 Å². The molecule has 1 saturated heterocycles. The van der Waals surface area contributed by atoms with Crippen molar-refractivity contribution in [2.24, 2.45) is 11.8 Å². The second kappa shape index (κ2) is 6.17. The van der Waals surface area contributed by atoms with Gasteiger partial charge in [-0.15, -0.1) is 0 Å². The summed E-state index contributed by atoms with van der Waals surface area (Å²) in [6, 6.07) is 4.60. The molecule has 1 aliphatic rings. The Morgan fingerprint density at radius 2 is 2.35 bits per heavy atom. The van der Waals surface area contributed by atoms with Crippen LogP contribution in [-0.4, -0.2) is 34.1 Å². The molecule has 0 amide bonds. The number of benzene rings is 1. The third kappa shape index (κ3) is 3.24. The van der Waals surface area contributed by atoms with Gasteiger partial charge in [0, 0.05) is 31.8 Å². The van der Waals surface area contributed by atoms with Crippen LogP contribution in [0, 0.1) is 16.0 Å². The Labute approximate surface area is 117 Å². The summed E-state index contributed by atoms with van der Waals surface area (Å²) in [5, 5.41) is 20.6. The lowest BCUT2D eigenvalue weighted by Gasteiger charge is -2.34. The minimum absolute atomic E-state index is 0.0593. The average Bonchev–Trinajstić information content (AvgIpc) is 2.42. The van der Waals surface area contributed by atoms with Crippen LogP contribution in [0.15, 0.2) is 18.2 Å². The first kappa shape index (κ1) is 14.7.